The fraction of sp³-hybridized carbons (Fsp3) is 0.333. The molecule has 0 aliphatic carbocycles. The maximum atomic E-state index is 5.62. The maximum Gasteiger partial charge on any atom is 0.213 e. The molecule has 0 radical (unpaired) electrons. The Bertz CT molecular complexity index is 523. The van der Waals surface area contributed by atoms with E-state index in [2.05, 4.69) is 14.9 Å². The first kappa shape index (κ1) is 14.3. The molecule has 0 fully saturated rings. The summed E-state index contributed by atoms with van der Waals surface area (Å²) in [6.45, 7) is 1.68. The Labute approximate surface area is 119 Å². The molecule has 2 rings (SSSR count). The molecule has 0 saturated carbocycles. The van der Waals surface area contributed by atoms with E-state index in [0.717, 1.165) is 24.2 Å². The van der Waals surface area contributed by atoms with Crippen molar-refractivity contribution in [2.75, 3.05) is 33.0 Å². The van der Waals surface area contributed by atoms with Crippen LogP contribution in [0, 0.1) is 0 Å². The van der Waals surface area contributed by atoms with Crippen LogP contribution in [0.15, 0.2) is 36.7 Å². The molecule has 0 atom stereocenters. The lowest BCUT2D eigenvalue weighted by atomic mass is 10.2. The topological polar surface area (TPSA) is 64.3 Å². The fourth-order valence-electron chi connectivity index (χ4n) is 1.75. The zero-order chi connectivity index (χ0) is 14.4. The summed E-state index contributed by atoms with van der Waals surface area (Å²) in [7, 11) is 4.10. The molecule has 20 heavy (non-hydrogen) atoms. The summed E-state index contributed by atoms with van der Waals surface area (Å²) in [6.07, 6.45) is 4.39. The van der Waals surface area contributed by atoms with Crippen LogP contribution in [-0.2, 0) is 0 Å². The normalized spacial score (nSPS) is 10.8. The number of hydrogen-bond acceptors (Lipinski definition) is 5. The highest BCUT2D eigenvalue weighted by Crippen LogP contribution is 2.18. The number of rotatable bonds is 6. The van der Waals surface area contributed by atoms with Crippen molar-refractivity contribution in [1.82, 2.24) is 14.9 Å². The van der Waals surface area contributed by atoms with E-state index in [-0.39, 0.29) is 0 Å². The Morgan fingerprint density at radius 2 is 1.95 bits per heavy atom. The van der Waals surface area contributed by atoms with E-state index in [0.29, 0.717) is 18.2 Å². The minimum atomic E-state index is 0.642. The number of nitrogens with two attached hydrogens (primary N) is 1. The molecule has 0 aromatic carbocycles. The smallest absolute Gasteiger partial charge is 0.213 e. The van der Waals surface area contributed by atoms with Gasteiger partial charge in [0.05, 0.1) is 24.2 Å². The van der Waals surface area contributed by atoms with E-state index >= 15 is 0 Å². The summed E-state index contributed by atoms with van der Waals surface area (Å²) >= 11 is 0. The second kappa shape index (κ2) is 6.86. The van der Waals surface area contributed by atoms with Crippen molar-refractivity contribution in [3.8, 4) is 17.1 Å². The number of anilines is 1. The number of pyridine rings is 2. The molecule has 0 unspecified atom stereocenters. The molecule has 0 aliphatic rings. The summed E-state index contributed by atoms with van der Waals surface area (Å²) in [5.41, 5.74) is 8.07. The van der Waals surface area contributed by atoms with Crippen LogP contribution >= 0.6 is 0 Å². The average Bonchev–Trinajstić information content (AvgIpc) is 2.45. The van der Waals surface area contributed by atoms with Crippen LogP contribution in [0.1, 0.15) is 6.42 Å². The number of ether oxygens (including phenoxy) is 1. The van der Waals surface area contributed by atoms with Crippen LogP contribution in [0.5, 0.6) is 5.88 Å². The molecule has 0 aliphatic heterocycles. The Hall–Kier alpha value is -2.14. The van der Waals surface area contributed by atoms with Gasteiger partial charge in [0.2, 0.25) is 5.88 Å². The first-order valence-electron chi connectivity index (χ1n) is 6.60. The number of aromatic nitrogens is 2. The monoisotopic (exact) mass is 272 g/mol. The first-order chi connectivity index (χ1) is 9.65. The Kier molecular flexibility index (Phi) is 4.90. The van der Waals surface area contributed by atoms with Crippen LogP contribution in [0.4, 0.5) is 5.69 Å². The van der Waals surface area contributed by atoms with Crippen molar-refractivity contribution in [2.45, 2.75) is 6.42 Å². The molecular weight excluding hydrogens is 252 g/mol. The zero-order valence-corrected chi connectivity index (χ0v) is 11.9. The number of nitrogen functional groups attached to an aromatic ring is 1. The van der Waals surface area contributed by atoms with Gasteiger partial charge in [-0.25, -0.2) is 4.98 Å². The van der Waals surface area contributed by atoms with Crippen molar-refractivity contribution >= 4 is 5.69 Å². The minimum Gasteiger partial charge on any atom is -0.478 e. The Balaban J connectivity index is 1.91. The fourth-order valence-corrected chi connectivity index (χ4v) is 1.75. The molecule has 2 heterocycles. The van der Waals surface area contributed by atoms with Crippen LogP contribution < -0.4 is 10.5 Å². The van der Waals surface area contributed by atoms with Gasteiger partial charge in [-0.2, -0.15) is 0 Å². The molecule has 5 nitrogen and oxygen atoms in total. The lowest BCUT2D eigenvalue weighted by Gasteiger charge is -2.10. The van der Waals surface area contributed by atoms with Crippen LogP contribution in [0.25, 0.3) is 11.3 Å². The highest BCUT2D eigenvalue weighted by atomic mass is 16.5. The molecule has 2 N–H and O–H groups in total. The van der Waals surface area contributed by atoms with Crippen LogP contribution in [0.3, 0.4) is 0 Å². The molecule has 0 amide bonds. The molecule has 106 valence electrons. The van der Waals surface area contributed by atoms with Gasteiger partial charge in [-0.3, -0.25) is 4.98 Å². The lowest BCUT2D eigenvalue weighted by molar-refractivity contribution is 0.273. The second-order valence-corrected chi connectivity index (χ2v) is 4.87. The molecule has 0 bridgehead atoms. The minimum absolute atomic E-state index is 0.642. The van der Waals surface area contributed by atoms with Gasteiger partial charge in [-0.1, -0.05) is 0 Å². The third-order valence-corrected chi connectivity index (χ3v) is 2.82. The second-order valence-electron chi connectivity index (χ2n) is 4.87. The van der Waals surface area contributed by atoms with E-state index in [1.807, 2.05) is 38.4 Å². The van der Waals surface area contributed by atoms with E-state index in [1.54, 1.807) is 12.4 Å². The largest absolute Gasteiger partial charge is 0.478 e. The lowest BCUT2D eigenvalue weighted by Crippen LogP contribution is -2.15. The molecule has 0 saturated heterocycles. The van der Waals surface area contributed by atoms with E-state index in [9.17, 15) is 0 Å². The Morgan fingerprint density at radius 1 is 1.10 bits per heavy atom. The summed E-state index contributed by atoms with van der Waals surface area (Å²) in [5, 5.41) is 0. The van der Waals surface area contributed by atoms with Crippen molar-refractivity contribution in [1.29, 1.82) is 0 Å². The molecular formula is C15H20N4O. The van der Waals surface area contributed by atoms with Gasteiger partial charge in [0.25, 0.3) is 0 Å². The molecule has 2 aromatic heterocycles. The summed E-state index contributed by atoms with van der Waals surface area (Å²) in [5.74, 6) is 0.642. The van der Waals surface area contributed by atoms with Crippen molar-refractivity contribution < 1.29 is 4.74 Å². The maximum absolute atomic E-state index is 5.62. The molecule has 5 heteroatoms. The van der Waals surface area contributed by atoms with E-state index in [1.165, 1.54) is 0 Å². The van der Waals surface area contributed by atoms with E-state index < -0.39 is 0 Å². The van der Waals surface area contributed by atoms with Gasteiger partial charge >= 0.3 is 0 Å². The summed E-state index contributed by atoms with van der Waals surface area (Å²) in [4.78, 5) is 10.7. The molecule has 2 aromatic rings. The highest BCUT2D eigenvalue weighted by molar-refractivity contribution is 5.59. The van der Waals surface area contributed by atoms with Crippen LogP contribution in [0.2, 0.25) is 0 Å². The predicted octanol–water partition coefficient (Wildman–Crippen LogP) is 2.06. The SMILES string of the molecule is CN(C)CCCOc1ccc(-c2ccc(N)cn2)cn1. The highest BCUT2D eigenvalue weighted by Gasteiger charge is 2.01. The zero-order valence-electron chi connectivity index (χ0n) is 11.9. The third kappa shape index (κ3) is 4.20. The quantitative estimate of drug-likeness (QED) is 0.815. The van der Waals surface area contributed by atoms with Crippen LogP contribution in [-0.4, -0.2) is 42.1 Å². The van der Waals surface area contributed by atoms with Gasteiger partial charge in [-0.15, -0.1) is 0 Å². The number of hydrogen-bond donors (Lipinski definition) is 1. The van der Waals surface area contributed by atoms with Crippen molar-refractivity contribution in [2.24, 2.45) is 0 Å². The van der Waals surface area contributed by atoms with Crippen molar-refractivity contribution in [3.63, 3.8) is 0 Å². The van der Waals surface area contributed by atoms with Gasteiger partial charge in [0.1, 0.15) is 0 Å². The first-order valence-corrected chi connectivity index (χ1v) is 6.60. The van der Waals surface area contributed by atoms with Gasteiger partial charge in [0, 0.05) is 24.4 Å². The third-order valence-electron chi connectivity index (χ3n) is 2.82. The number of nitrogens with zero attached hydrogens (tertiary/aromatic N) is 3. The summed E-state index contributed by atoms with van der Waals surface area (Å²) < 4.78 is 5.59. The summed E-state index contributed by atoms with van der Waals surface area (Å²) in [6, 6.07) is 7.52. The van der Waals surface area contributed by atoms with Gasteiger partial charge in [-0.05, 0) is 38.7 Å². The average molecular weight is 272 g/mol. The van der Waals surface area contributed by atoms with Crippen molar-refractivity contribution in [3.05, 3.63) is 36.7 Å². The van der Waals surface area contributed by atoms with E-state index in [4.69, 9.17) is 10.5 Å². The predicted molar refractivity (Wildman–Crippen MR) is 80.5 cm³/mol. The standard InChI is InChI=1S/C15H20N4O/c1-19(2)8-3-9-20-15-7-4-12(10-18-15)14-6-5-13(16)11-17-14/h4-7,10-11H,3,8-9,16H2,1-2H3. The molecule has 0 spiro atoms. The Morgan fingerprint density at radius 3 is 2.55 bits per heavy atom. The van der Waals surface area contributed by atoms with Gasteiger partial charge < -0.3 is 15.4 Å². The van der Waals surface area contributed by atoms with Gasteiger partial charge in [0.15, 0.2) is 0 Å².